The van der Waals surface area contributed by atoms with Crippen LogP contribution in [0, 0.1) is 5.82 Å². The van der Waals surface area contributed by atoms with E-state index in [1.54, 1.807) is 17.4 Å². The van der Waals surface area contributed by atoms with Crippen LogP contribution in [-0.2, 0) is 0 Å². The molecule has 1 amide bonds. The molecule has 4 rings (SSSR count). The third-order valence-electron chi connectivity index (χ3n) is 4.24. The minimum Gasteiger partial charge on any atom is -0.493 e. The molecule has 1 aliphatic heterocycles. The predicted molar refractivity (Wildman–Crippen MR) is 93.2 cm³/mol. The summed E-state index contributed by atoms with van der Waals surface area (Å²) in [5.74, 6) is -0.0644. The zero-order valence-electron chi connectivity index (χ0n) is 13.3. The van der Waals surface area contributed by atoms with Crippen LogP contribution in [0.3, 0.4) is 0 Å². The second-order valence-corrected chi connectivity index (χ2v) is 6.65. The largest absolute Gasteiger partial charge is 0.493 e. The molecule has 1 atom stereocenters. The molecule has 3 aromatic rings. The number of carbonyl (C=O) groups is 1. The summed E-state index contributed by atoms with van der Waals surface area (Å²) in [5.41, 5.74) is 2.92. The number of nitrogens with zero attached hydrogens (tertiary/aromatic N) is 1. The van der Waals surface area contributed by atoms with Crippen LogP contribution < -0.4 is 10.1 Å². The molecule has 128 valence electrons. The Morgan fingerprint density at radius 3 is 3.16 bits per heavy atom. The number of aromatic amines is 1. The average Bonchev–Trinajstić information content (AvgIpc) is 3.25. The van der Waals surface area contributed by atoms with E-state index in [1.165, 1.54) is 18.3 Å². The molecule has 2 aromatic heterocycles. The molecule has 1 unspecified atom stereocenters. The highest BCUT2D eigenvalue weighted by atomic mass is 32.1. The molecule has 0 spiro atoms. The molecule has 0 saturated heterocycles. The summed E-state index contributed by atoms with van der Waals surface area (Å²) in [6, 6.07) is 6.15. The molecule has 5 nitrogen and oxygen atoms in total. The van der Waals surface area contributed by atoms with E-state index in [1.807, 2.05) is 16.8 Å². The maximum atomic E-state index is 13.5. The van der Waals surface area contributed by atoms with Crippen molar-refractivity contribution in [2.24, 2.45) is 0 Å². The molecule has 0 fully saturated rings. The Hall–Kier alpha value is -2.67. The first-order chi connectivity index (χ1) is 12.2. The van der Waals surface area contributed by atoms with Gasteiger partial charge < -0.3 is 10.1 Å². The minimum absolute atomic E-state index is 0.211. The van der Waals surface area contributed by atoms with Gasteiger partial charge in [0.05, 0.1) is 30.1 Å². The van der Waals surface area contributed by atoms with Crippen LogP contribution in [0.2, 0.25) is 0 Å². The lowest BCUT2D eigenvalue weighted by molar-refractivity contribution is 0.0935. The van der Waals surface area contributed by atoms with Crippen molar-refractivity contribution >= 4 is 17.2 Å². The predicted octanol–water partition coefficient (Wildman–Crippen LogP) is 3.92. The van der Waals surface area contributed by atoms with E-state index in [-0.39, 0.29) is 17.8 Å². The molecule has 0 radical (unpaired) electrons. The maximum Gasteiger partial charge on any atom is 0.255 e. The first-order valence-electron chi connectivity index (χ1n) is 8.01. The van der Waals surface area contributed by atoms with Crippen molar-refractivity contribution in [3.05, 3.63) is 58.2 Å². The molecular formula is C18H16FN3O2S. The van der Waals surface area contributed by atoms with E-state index in [4.69, 9.17) is 4.74 Å². The van der Waals surface area contributed by atoms with Crippen molar-refractivity contribution in [2.75, 3.05) is 6.61 Å². The van der Waals surface area contributed by atoms with Gasteiger partial charge in [0.2, 0.25) is 0 Å². The first kappa shape index (κ1) is 15.8. The fourth-order valence-corrected chi connectivity index (χ4v) is 3.66. The van der Waals surface area contributed by atoms with Crippen LogP contribution in [0.5, 0.6) is 5.75 Å². The second kappa shape index (κ2) is 6.68. The van der Waals surface area contributed by atoms with Crippen LogP contribution in [-0.4, -0.2) is 22.7 Å². The molecular weight excluding hydrogens is 341 g/mol. The van der Waals surface area contributed by atoms with E-state index >= 15 is 0 Å². The monoisotopic (exact) mass is 357 g/mol. The molecule has 25 heavy (non-hydrogen) atoms. The van der Waals surface area contributed by atoms with Gasteiger partial charge in [-0.3, -0.25) is 9.89 Å². The molecule has 0 bridgehead atoms. The number of nitrogens with one attached hydrogen (secondary N) is 2. The van der Waals surface area contributed by atoms with Gasteiger partial charge in [-0.05, 0) is 30.4 Å². The molecule has 0 saturated carbocycles. The smallest absolute Gasteiger partial charge is 0.255 e. The van der Waals surface area contributed by atoms with Crippen LogP contribution in [0.1, 0.15) is 34.8 Å². The Balaban J connectivity index is 1.61. The topological polar surface area (TPSA) is 67.0 Å². The lowest BCUT2D eigenvalue weighted by atomic mass is 10.0. The zero-order chi connectivity index (χ0) is 17.2. The lowest BCUT2D eigenvalue weighted by Gasteiger charge is -2.18. The van der Waals surface area contributed by atoms with Crippen LogP contribution in [0.4, 0.5) is 4.39 Å². The van der Waals surface area contributed by atoms with Gasteiger partial charge in [0.1, 0.15) is 11.6 Å². The van der Waals surface area contributed by atoms with Crippen molar-refractivity contribution in [3.63, 3.8) is 0 Å². The molecule has 1 aliphatic rings. The van der Waals surface area contributed by atoms with Crippen molar-refractivity contribution in [1.82, 2.24) is 15.5 Å². The highest BCUT2D eigenvalue weighted by Gasteiger charge is 2.24. The number of ether oxygens (including phenoxy) is 1. The van der Waals surface area contributed by atoms with E-state index in [9.17, 15) is 9.18 Å². The zero-order valence-corrected chi connectivity index (χ0v) is 14.1. The number of hydrogen-bond acceptors (Lipinski definition) is 4. The highest BCUT2D eigenvalue weighted by Crippen LogP contribution is 2.32. The van der Waals surface area contributed by atoms with Gasteiger partial charge in [0.15, 0.2) is 0 Å². The summed E-state index contributed by atoms with van der Waals surface area (Å²) in [5, 5.41) is 13.8. The summed E-state index contributed by atoms with van der Waals surface area (Å²) in [6.45, 7) is 0.509. The Kier molecular flexibility index (Phi) is 4.23. The van der Waals surface area contributed by atoms with Gasteiger partial charge in [-0.2, -0.15) is 16.4 Å². The standard InChI is InChI=1S/C18H16FN3O2S/c19-12-3-4-13-15(2-1-6-24-16(13)8-12)21-18(23)14-9-20-22-17(14)11-5-7-25-10-11/h3-5,7-10,15H,1-2,6H2,(H,20,22)(H,21,23). The van der Waals surface area contributed by atoms with Crippen molar-refractivity contribution in [2.45, 2.75) is 18.9 Å². The molecule has 7 heteroatoms. The van der Waals surface area contributed by atoms with Gasteiger partial charge in [-0.1, -0.05) is 6.07 Å². The number of aromatic nitrogens is 2. The number of halogens is 1. The number of amides is 1. The highest BCUT2D eigenvalue weighted by molar-refractivity contribution is 7.08. The van der Waals surface area contributed by atoms with E-state index < -0.39 is 0 Å². The van der Waals surface area contributed by atoms with Crippen molar-refractivity contribution in [3.8, 4) is 17.0 Å². The number of fused-ring (bicyclic) bond motifs is 1. The van der Waals surface area contributed by atoms with Gasteiger partial charge >= 0.3 is 0 Å². The summed E-state index contributed by atoms with van der Waals surface area (Å²) >= 11 is 1.56. The Morgan fingerprint density at radius 2 is 2.32 bits per heavy atom. The SMILES string of the molecule is O=C(NC1CCCOc2cc(F)ccc21)c1cn[nH]c1-c1ccsc1. The second-order valence-electron chi connectivity index (χ2n) is 5.87. The number of thiophene rings is 1. The summed E-state index contributed by atoms with van der Waals surface area (Å²) in [4.78, 5) is 12.8. The number of carbonyl (C=O) groups excluding carboxylic acids is 1. The summed E-state index contributed by atoms with van der Waals surface area (Å²) in [7, 11) is 0. The quantitative estimate of drug-likeness (QED) is 0.747. The van der Waals surface area contributed by atoms with Gasteiger partial charge in [0.25, 0.3) is 5.91 Å². The lowest BCUT2D eigenvalue weighted by Crippen LogP contribution is -2.28. The van der Waals surface area contributed by atoms with E-state index in [0.717, 1.165) is 24.0 Å². The Morgan fingerprint density at radius 1 is 1.40 bits per heavy atom. The van der Waals surface area contributed by atoms with Crippen LogP contribution in [0.25, 0.3) is 11.3 Å². The Bertz CT molecular complexity index is 892. The van der Waals surface area contributed by atoms with Crippen LogP contribution >= 0.6 is 11.3 Å². The molecule has 1 aromatic carbocycles. The van der Waals surface area contributed by atoms with E-state index in [0.29, 0.717) is 23.6 Å². The molecule has 3 heterocycles. The number of rotatable bonds is 3. The summed E-state index contributed by atoms with van der Waals surface area (Å²) in [6.07, 6.45) is 3.04. The Labute approximate surface area is 147 Å². The molecule has 2 N–H and O–H groups in total. The van der Waals surface area contributed by atoms with Gasteiger partial charge in [-0.25, -0.2) is 4.39 Å². The number of H-pyrrole nitrogens is 1. The number of hydrogen-bond donors (Lipinski definition) is 2. The normalized spacial score (nSPS) is 16.6. The fraction of sp³-hybridized carbons (Fsp3) is 0.222. The third kappa shape index (κ3) is 3.15. The minimum atomic E-state index is -0.347. The van der Waals surface area contributed by atoms with Gasteiger partial charge in [0, 0.05) is 22.6 Å². The summed E-state index contributed by atoms with van der Waals surface area (Å²) < 4.78 is 19.1. The van der Waals surface area contributed by atoms with Crippen LogP contribution in [0.15, 0.2) is 41.2 Å². The number of benzene rings is 1. The van der Waals surface area contributed by atoms with Crippen molar-refractivity contribution in [1.29, 1.82) is 0 Å². The average molecular weight is 357 g/mol. The van der Waals surface area contributed by atoms with Crippen molar-refractivity contribution < 1.29 is 13.9 Å². The third-order valence-corrected chi connectivity index (χ3v) is 4.93. The van der Waals surface area contributed by atoms with Gasteiger partial charge in [-0.15, -0.1) is 0 Å². The molecule has 0 aliphatic carbocycles. The van der Waals surface area contributed by atoms with E-state index in [2.05, 4.69) is 15.5 Å². The maximum absolute atomic E-state index is 13.5. The first-order valence-corrected chi connectivity index (χ1v) is 8.95. The fourth-order valence-electron chi connectivity index (χ4n) is 3.02.